The van der Waals surface area contributed by atoms with Crippen molar-refractivity contribution < 1.29 is 62.4 Å². The van der Waals surface area contributed by atoms with E-state index in [1.165, 1.54) is 11.8 Å². The second kappa shape index (κ2) is 9.35. The van der Waals surface area contributed by atoms with E-state index in [-0.39, 0.29) is 59.3 Å². The maximum absolute atomic E-state index is 9.47. The van der Waals surface area contributed by atoms with Gasteiger partial charge in [-0.25, -0.2) is 5.48 Å². The predicted molar refractivity (Wildman–Crippen MR) is 37.5 cm³/mol. The molecule has 0 saturated carbocycles. The van der Waals surface area contributed by atoms with Gasteiger partial charge in [0.05, 0.1) is 0 Å². The molecule has 0 spiro atoms. The Labute approximate surface area is 107 Å². The molecule has 0 aliphatic heterocycles. The zero-order valence-corrected chi connectivity index (χ0v) is 9.97. The SMILES string of the molecule is CSC(=S)NOC=O.[H-].[K+]. The summed E-state index contributed by atoms with van der Waals surface area (Å²) in [5.74, 6) is 0. The molecule has 0 aliphatic carbocycles. The van der Waals surface area contributed by atoms with Gasteiger partial charge in [0.25, 0.3) is 0 Å². The van der Waals surface area contributed by atoms with Crippen LogP contribution in [-0.2, 0) is 9.63 Å². The van der Waals surface area contributed by atoms with Gasteiger partial charge in [0.2, 0.25) is 0 Å². The number of thioether (sulfide) groups is 1. The Bertz CT molecular complexity index is 105. The first-order valence-corrected chi connectivity index (χ1v) is 3.38. The van der Waals surface area contributed by atoms with E-state index in [1.807, 2.05) is 0 Å². The minimum Gasteiger partial charge on any atom is -1.00 e. The topological polar surface area (TPSA) is 38.3 Å². The van der Waals surface area contributed by atoms with Crippen molar-refractivity contribution in [2.24, 2.45) is 0 Å². The molecule has 48 valence electrons. The van der Waals surface area contributed by atoms with Crippen LogP contribution in [0.1, 0.15) is 1.43 Å². The summed E-state index contributed by atoms with van der Waals surface area (Å²) in [5.41, 5.74) is 2.21. The quantitative estimate of drug-likeness (QED) is 0.225. The van der Waals surface area contributed by atoms with Crippen molar-refractivity contribution >= 4 is 34.8 Å². The Balaban J connectivity index is -0.000000245. The van der Waals surface area contributed by atoms with Crippen LogP contribution in [-0.4, -0.2) is 17.0 Å². The minimum absolute atomic E-state index is 0. The minimum atomic E-state index is 0. The molecular weight excluding hydrogens is 185 g/mol. The molecule has 0 aromatic heterocycles. The average Bonchev–Trinajstić information content (AvgIpc) is 1.83. The van der Waals surface area contributed by atoms with Gasteiger partial charge in [-0.3, -0.25) is 4.79 Å². The molecule has 0 amide bonds. The van der Waals surface area contributed by atoms with E-state index in [0.717, 1.165) is 0 Å². The van der Waals surface area contributed by atoms with Crippen molar-refractivity contribution in [3.8, 4) is 0 Å². The van der Waals surface area contributed by atoms with Gasteiger partial charge in [0.15, 0.2) is 4.32 Å². The van der Waals surface area contributed by atoms with Crippen molar-refractivity contribution in [2.45, 2.75) is 0 Å². The fraction of sp³-hybridized carbons (Fsp3) is 0.333. The maximum Gasteiger partial charge on any atom is 1.00 e. The molecule has 0 aromatic rings. The number of carbonyl (C=O) groups is 1. The van der Waals surface area contributed by atoms with Crippen LogP contribution in [0.3, 0.4) is 0 Å². The summed E-state index contributed by atoms with van der Waals surface area (Å²) in [6.45, 7) is 0.280. The number of hydrogen-bond acceptors (Lipinski definition) is 4. The van der Waals surface area contributed by atoms with Crippen LogP contribution >= 0.6 is 24.0 Å². The first kappa shape index (κ1) is 13.0. The molecule has 0 heterocycles. The molecule has 3 nitrogen and oxygen atoms in total. The molecule has 0 atom stereocenters. The third-order valence-corrected chi connectivity index (χ3v) is 1.41. The summed E-state index contributed by atoms with van der Waals surface area (Å²) in [5, 5.41) is 0. The van der Waals surface area contributed by atoms with Crippen molar-refractivity contribution in [1.82, 2.24) is 5.48 Å². The summed E-state index contributed by atoms with van der Waals surface area (Å²) in [6.07, 6.45) is 1.78. The van der Waals surface area contributed by atoms with Crippen molar-refractivity contribution in [3.05, 3.63) is 0 Å². The Hall–Kier alpha value is 1.35. The first-order valence-electron chi connectivity index (χ1n) is 1.74. The Kier molecular flexibility index (Phi) is 13.5. The third kappa shape index (κ3) is 9.35. The molecule has 0 unspecified atom stereocenters. The van der Waals surface area contributed by atoms with Gasteiger partial charge >= 0.3 is 57.9 Å². The molecule has 0 radical (unpaired) electrons. The van der Waals surface area contributed by atoms with Crippen LogP contribution in [0.5, 0.6) is 0 Å². The Morgan fingerprint density at radius 1 is 2.00 bits per heavy atom. The number of carbonyl (C=O) groups excluding carboxylic acids is 1. The zero-order valence-electron chi connectivity index (χ0n) is 6.21. The van der Waals surface area contributed by atoms with E-state index in [1.54, 1.807) is 6.26 Å². The van der Waals surface area contributed by atoms with Crippen LogP contribution in [0, 0.1) is 0 Å². The molecule has 0 saturated heterocycles. The number of rotatable bonds is 2. The number of thiocarbonyl (C=S) groups is 1. The summed E-state index contributed by atoms with van der Waals surface area (Å²) in [4.78, 5) is 13.6. The van der Waals surface area contributed by atoms with E-state index in [2.05, 4.69) is 22.5 Å². The summed E-state index contributed by atoms with van der Waals surface area (Å²) < 4.78 is 0.442. The first-order chi connectivity index (χ1) is 3.81. The molecule has 0 fully saturated rings. The van der Waals surface area contributed by atoms with E-state index < -0.39 is 0 Å². The van der Waals surface area contributed by atoms with Crippen LogP contribution in [0.25, 0.3) is 0 Å². The second-order valence-corrected chi connectivity index (χ2v) is 2.29. The maximum atomic E-state index is 9.47. The van der Waals surface area contributed by atoms with Crippen LogP contribution in [0.15, 0.2) is 0 Å². The fourth-order valence-electron chi connectivity index (χ4n) is 0.114. The Morgan fingerprint density at radius 3 is 2.89 bits per heavy atom. The smallest absolute Gasteiger partial charge is 1.00 e. The summed E-state index contributed by atoms with van der Waals surface area (Å²) in [7, 11) is 0. The molecule has 9 heavy (non-hydrogen) atoms. The predicted octanol–water partition coefficient (Wildman–Crippen LogP) is -2.57. The normalized spacial score (nSPS) is 6.78. The second-order valence-electron chi connectivity index (χ2n) is 0.808. The zero-order chi connectivity index (χ0) is 6.41. The monoisotopic (exact) mass is 191 g/mol. The van der Waals surface area contributed by atoms with E-state index in [4.69, 9.17) is 0 Å². The van der Waals surface area contributed by atoms with Gasteiger partial charge in [-0.15, -0.1) is 0 Å². The molecule has 0 rings (SSSR count). The summed E-state index contributed by atoms with van der Waals surface area (Å²) in [6, 6.07) is 0. The molecular formula is C3H6KNO2S2. The van der Waals surface area contributed by atoms with Crippen molar-refractivity contribution in [3.63, 3.8) is 0 Å². The van der Waals surface area contributed by atoms with Gasteiger partial charge in [-0.2, -0.15) is 0 Å². The molecule has 6 heteroatoms. The van der Waals surface area contributed by atoms with Crippen molar-refractivity contribution in [2.75, 3.05) is 6.26 Å². The third-order valence-electron chi connectivity index (χ3n) is 0.376. The fourth-order valence-corrected chi connectivity index (χ4v) is 0.293. The van der Waals surface area contributed by atoms with Gasteiger partial charge in [0, 0.05) is 0 Å². The number of hydroxylamine groups is 1. The number of hydrogen-bond donors (Lipinski definition) is 1. The van der Waals surface area contributed by atoms with Crippen molar-refractivity contribution in [1.29, 1.82) is 0 Å². The van der Waals surface area contributed by atoms with Gasteiger partial charge in [-0.1, -0.05) is 11.8 Å². The van der Waals surface area contributed by atoms with Gasteiger partial charge in [0.1, 0.15) is 0 Å². The van der Waals surface area contributed by atoms with Gasteiger partial charge in [-0.05, 0) is 18.5 Å². The molecule has 1 N–H and O–H groups in total. The van der Waals surface area contributed by atoms with E-state index >= 15 is 0 Å². The molecule has 0 aliphatic rings. The average molecular weight is 191 g/mol. The van der Waals surface area contributed by atoms with E-state index in [9.17, 15) is 4.79 Å². The van der Waals surface area contributed by atoms with Crippen LogP contribution < -0.4 is 56.9 Å². The van der Waals surface area contributed by atoms with E-state index in [0.29, 0.717) is 4.32 Å². The van der Waals surface area contributed by atoms with Crippen LogP contribution in [0.2, 0.25) is 0 Å². The Morgan fingerprint density at radius 2 is 2.56 bits per heavy atom. The van der Waals surface area contributed by atoms with Gasteiger partial charge < -0.3 is 6.26 Å². The van der Waals surface area contributed by atoms with Crippen LogP contribution in [0.4, 0.5) is 0 Å². The molecule has 0 bridgehead atoms. The summed E-state index contributed by atoms with van der Waals surface area (Å²) >= 11 is 5.89. The number of nitrogens with one attached hydrogen (secondary N) is 1. The molecule has 0 aromatic carbocycles. The standard InChI is InChI=1S/C3H5NO2S2.K.H/c1-8-3(7)4-6-2-5;;/h2H,1H3,(H,4,7);;/q;+1;-1. The largest absolute Gasteiger partial charge is 1.00 e.